The Balaban J connectivity index is 1.63. The van der Waals surface area contributed by atoms with E-state index in [2.05, 4.69) is 10.3 Å². The molecule has 0 saturated carbocycles. The average Bonchev–Trinajstić information content (AvgIpc) is 3.15. The highest BCUT2D eigenvalue weighted by Gasteiger charge is 2.34. The van der Waals surface area contributed by atoms with E-state index < -0.39 is 10.0 Å². The predicted octanol–water partition coefficient (Wildman–Crippen LogP) is 2.69. The molecule has 0 aliphatic carbocycles. The van der Waals surface area contributed by atoms with Gasteiger partial charge in [0, 0.05) is 25.1 Å². The van der Waals surface area contributed by atoms with E-state index in [9.17, 15) is 13.2 Å². The Bertz CT molecular complexity index is 1170. The number of sulfonamides is 1. The summed E-state index contributed by atoms with van der Waals surface area (Å²) < 4.78 is 33.7. The van der Waals surface area contributed by atoms with Crippen LogP contribution in [0.1, 0.15) is 17.0 Å². The molecule has 1 amide bonds. The number of piperazine rings is 1. The SMILES string of the molecule is Cc1ncc(-c2ccc(C)c(S(=O)(=O)N3CC(=O)N[C@@H](Cc4ccccc4)C3)c2)o1. The molecule has 30 heavy (non-hydrogen) atoms. The minimum absolute atomic E-state index is 0.169. The van der Waals surface area contributed by atoms with Gasteiger partial charge in [0.25, 0.3) is 0 Å². The predicted molar refractivity (Wildman–Crippen MR) is 112 cm³/mol. The van der Waals surface area contributed by atoms with Gasteiger partial charge in [0.05, 0.1) is 17.6 Å². The van der Waals surface area contributed by atoms with Crippen LogP contribution in [0.25, 0.3) is 11.3 Å². The van der Waals surface area contributed by atoms with Gasteiger partial charge >= 0.3 is 0 Å². The normalized spacial score (nSPS) is 17.7. The second kappa shape index (κ2) is 8.04. The van der Waals surface area contributed by atoms with Gasteiger partial charge in [-0.05, 0) is 30.5 Å². The van der Waals surface area contributed by atoms with Crippen LogP contribution in [0.4, 0.5) is 0 Å². The molecule has 0 radical (unpaired) electrons. The summed E-state index contributed by atoms with van der Waals surface area (Å²) >= 11 is 0. The summed E-state index contributed by atoms with van der Waals surface area (Å²) in [6.45, 7) is 3.50. The average molecular weight is 426 g/mol. The number of carbonyl (C=O) groups is 1. The molecule has 8 heteroatoms. The Kier molecular flexibility index (Phi) is 5.44. The van der Waals surface area contributed by atoms with Crippen LogP contribution in [-0.4, -0.2) is 42.7 Å². The van der Waals surface area contributed by atoms with Crippen molar-refractivity contribution >= 4 is 15.9 Å². The zero-order valence-corrected chi connectivity index (χ0v) is 17.6. The van der Waals surface area contributed by atoms with Crippen LogP contribution in [0.2, 0.25) is 0 Å². The van der Waals surface area contributed by atoms with E-state index in [1.165, 1.54) is 4.31 Å². The Morgan fingerprint density at radius 3 is 2.63 bits per heavy atom. The van der Waals surface area contributed by atoms with Gasteiger partial charge in [-0.3, -0.25) is 4.79 Å². The van der Waals surface area contributed by atoms with E-state index in [-0.39, 0.29) is 29.9 Å². The first-order valence-corrected chi connectivity index (χ1v) is 11.1. The smallest absolute Gasteiger partial charge is 0.243 e. The van der Waals surface area contributed by atoms with Crippen molar-refractivity contribution in [2.75, 3.05) is 13.1 Å². The minimum atomic E-state index is -3.86. The van der Waals surface area contributed by atoms with Crippen molar-refractivity contribution in [3.8, 4) is 11.3 Å². The summed E-state index contributed by atoms with van der Waals surface area (Å²) in [7, 11) is -3.86. The molecule has 1 aromatic heterocycles. The summed E-state index contributed by atoms with van der Waals surface area (Å²) in [6.07, 6.45) is 2.13. The van der Waals surface area contributed by atoms with Crippen LogP contribution >= 0.6 is 0 Å². The van der Waals surface area contributed by atoms with Crippen LogP contribution in [0.5, 0.6) is 0 Å². The lowest BCUT2D eigenvalue weighted by Crippen LogP contribution is -2.56. The molecular formula is C22H23N3O4S. The van der Waals surface area contributed by atoms with Crippen LogP contribution in [0, 0.1) is 13.8 Å². The van der Waals surface area contributed by atoms with Crippen LogP contribution in [0.3, 0.4) is 0 Å². The van der Waals surface area contributed by atoms with Crippen molar-refractivity contribution in [2.45, 2.75) is 31.2 Å². The summed E-state index contributed by atoms with van der Waals surface area (Å²) in [5.41, 5.74) is 2.28. The number of hydrogen-bond acceptors (Lipinski definition) is 5. The maximum absolute atomic E-state index is 13.4. The Morgan fingerprint density at radius 2 is 1.93 bits per heavy atom. The lowest BCUT2D eigenvalue weighted by molar-refractivity contribution is -0.123. The number of aromatic nitrogens is 1. The van der Waals surface area contributed by atoms with Crippen molar-refractivity contribution in [2.24, 2.45) is 0 Å². The van der Waals surface area contributed by atoms with Crippen molar-refractivity contribution < 1.29 is 17.6 Å². The highest BCUT2D eigenvalue weighted by atomic mass is 32.2. The van der Waals surface area contributed by atoms with Crippen LogP contribution in [-0.2, 0) is 21.2 Å². The first-order valence-electron chi connectivity index (χ1n) is 9.70. The molecule has 1 aliphatic heterocycles. The molecule has 7 nitrogen and oxygen atoms in total. The number of rotatable bonds is 5. The van der Waals surface area contributed by atoms with E-state index in [0.717, 1.165) is 5.56 Å². The summed E-state index contributed by atoms with van der Waals surface area (Å²) in [5, 5.41) is 2.90. The Labute approximate surface area is 175 Å². The molecule has 0 bridgehead atoms. The Hall–Kier alpha value is -2.97. The third kappa shape index (κ3) is 4.15. The molecule has 1 fully saturated rings. The van der Waals surface area contributed by atoms with Gasteiger partial charge in [0.15, 0.2) is 11.7 Å². The first kappa shape index (κ1) is 20.3. The van der Waals surface area contributed by atoms with Gasteiger partial charge in [-0.2, -0.15) is 4.31 Å². The van der Waals surface area contributed by atoms with Crippen molar-refractivity contribution in [3.05, 3.63) is 71.7 Å². The molecule has 0 spiro atoms. The number of amides is 1. The largest absolute Gasteiger partial charge is 0.441 e. The van der Waals surface area contributed by atoms with Crippen molar-refractivity contribution in [3.63, 3.8) is 0 Å². The molecule has 0 unspecified atom stereocenters. The minimum Gasteiger partial charge on any atom is -0.441 e. The Morgan fingerprint density at radius 1 is 1.17 bits per heavy atom. The number of aryl methyl sites for hydroxylation is 2. The van der Waals surface area contributed by atoms with Crippen molar-refractivity contribution in [1.29, 1.82) is 0 Å². The van der Waals surface area contributed by atoms with E-state index in [1.807, 2.05) is 30.3 Å². The fourth-order valence-electron chi connectivity index (χ4n) is 3.65. The molecule has 1 saturated heterocycles. The summed E-state index contributed by atoms with van der Waals surface area (Å²) in [6, 6.07) is 14.5. The fourth-order valence-corrected chi connectivity index (χ4v) is 5.34. The third-order valence-electron chi connectivity index (χ3n) is 5.15. The highest BCUT2D eigenvalue weighted by Crippen LogP contribution is 2.28. The van der Waals surface area contributed by atoms with Crippen LogP contribution in [0.15, 0.2) is 64.0 Å². The lowest BCUT2D eigenvalue weighted by Gasteiger charge is -2.32. The van der Waals surface area contributed by atoms with E-state index in [4.69, 9.17) is 4.42 Å². The molecule has 1 aliphatic rings. The quantitative estimate of drug-likeness (QED) is 0.679. The number of benzene rings is 2. The van der Waals surface area contributed by atoms with Gasteiger partial charge < -0.3 is 9.73 Å². The summed E-state index contributed by atoms with van der Waals surface area (Å²) in [5.74, 6) is 0.708. The molecule has 3 aromatic rings. The lowest BCUT2D eigenvalue weighted by atomic mass is 10.0. The van der Waals surface area contributed by atoms with E-state index in [0.29, 0.717) is 29.2 Å². The summed E-state index contributed by atoms with van der Waals surface area (Å²) in [4.78, 5) is 16.5. The van der Waals surface area contributed by atoms with Crippen LogP contribution < -0.4 is 5.32 Å². The van der Waals surface area contributed by atoms with Gasteiger partial charge in [-0.15, -0.1) is 0 Å². The number of carbonyl (C=O) groups excluding carboxylic acids is 1. The molecular weight excluding hydrogens is 402 g/mol. The molecule has 156 valence electrons. The van der Waals surface area contributed by atoms with Gasteiger partial charge in [-0.25, -0.2) is 13.4 Å². The highest BCUT2D eigenvalue weighted by molar-refractivity contribution is 7.89. The maximum atomic E-state index is 13.4. The second-order valence-corrected chi connectivity index (χ2v) is 9.38. The molecule has 1 N–H and O–H groups in total. The van der Waals surface area contributed by atoms with Gasteiger partial charge in [0.2, 0.25) is 15.9 Å². The molecule has 2 heterocycles. The van der Waals surface area contributed by atoms with Crippen molar-refractivity contribution in [1.82, 2.24) is 14.6 Å². The number of nitrogens with one attached hydrogen (secondary N) is 1. The number of nitrogens with zero attached hydrogens (tertiary/aromatic N) is 2. The number of oxazole rings is 1. The fraction of sp³-hybridized carbons (Fsp3) is 0.273. The second-order valence-electron chi connectivity index (χ2n) is 7.48. The topological polar surface area (TPSA) is 92.5 Å². The molecule has 4 rings (SSSR count). The van der Waals surface area contributed by atoms with E-state index >= 15 is 0 Å². The first-order chi connectivity index (χ1) is 14.3. The third-order valence-corrected chi connectivity index (χ3v) is 7.10. The number of hydrogen-bond donors (Lipinski definition) is 1. The molecule has 1 atom stereocenters. The van der Waals surface area contributed by atoms with E-state index in [1.54, 1.807) is 38.2 Å². The maximum Gasteiger partial charge on any atom is 0.243 e. The zero-order valence-electron chi connectivity index (χ0n) is 16.8. The molecule has 2 aromatic carbocycles. The standard InChI is InChI=1S/C22H23N3O4S/c1-15-8-9-18(20-12-23-16(2)29-20)11-21(15)30(27,28)25-13-19(24-22(26)14-25)10-17-6-4-3-5-7-17/h3-9,11-12,19H,10,13-14H2,1-2H3,(H,24,26)/t19-/m0/s1. The van der Waals surface area contributed by atoms with Gasteiger partial charge in [0.1, 0.15) is 0 Å². The monoisotopic (exact) mass is 425 g/mol. The van der Waals surface area contributed by atoms with Gasteiger partial charge in [-0.1, -0.05) is 42.5 Å². The zero-order chi connectivity index (χ0) is 21.3.